The van der Waals surface area contributed by atoms with Crippen molar-refractivity contribution in [1.82, 2.24) is 4.90 Å². The summed E-state index contributed by atoms with van der Waals surface area (Å²) in [5.74, 6) is 1.92. The van der Waals surface area contributed by atoms with Gasteiger partial charge in [0.2, 0.25) is 5.91 Å². The molecule has 2 aromatic rings. The van der Waals surface area contributed by atoms with Gasteiger partial charge in [0.25, 0.3) is 0 Å². The first-order valence-electron chi connectivity index (χ1n) is 9.51. The molecule has 0 saturated heterocycles. The van der Waals surface area contributed by atoms with Gasteiger partial charge in [-0.25, -0.2) is 0 Å². The lowest BCUT2D eigenvalue weighted by atomic mass is 9.76. The van der Waals surface area contributed by atoms with Crippen molar-refractivity contribution in [2.24, 2.45) is 0 Å². The Balaban J connectivity index is 2.01. The molecule has 1 N–H and O–H groups in total. The SMILES string of the molecule is CCC(=O)N1CCc2cc(OC)c(O)c3c2[C@@H]1Cc1cc(OC)c(OC)cc1-3. The molecule has 4 rings (SSSR count). The van der Waals surface area contributed by atoms with Crippen molar-refractivity contribution in [3.05, 3.63) is 34.9 Å². The lowest BCUT2D eigenvalue weighted by Crippen LogP contribution is -2.42. The molecule has 1 amide bonds. The molecule has 148 valence electrons. The highest BCUT2D eigenvalue weighted by Crippen LogP contribution is 2.53. The van der Waals surface area contributed by atoms with Crippen molar-refractivity contribution in [3.8, 4) is 34.1 Å². The van der Waals surface area contributed by atoms with Crippen molar-refractivity contribution < 1.29 is 24.1 Å². The number of amides is 1. The molecule has 2 aromatic carbocycles. The molecule has 0 spiro atoms. The third-order valence-corrected chi connectivity index (χ3v) is 5.86. The van der Waals surface area contributed by atoms with E-state index < -0.39 is 0 Å². The fourth-order valence-corrected chi connectivity index (χ4v) is 4.53. The van der Waals surface area contributed by atoms with Crippen LogP contribution in [-0.2, 0) is 17.6 Å². The van der Waals surface area contributed by atoms with E-state index in [1.54, 1.807) is 21.3 Å². The second-order valence-electron chi connectivity index (χ2n) is 7.15. The van der Waals surface area contributed by atoms with Gasteiger partial charge in [-0.3, -0.25) is 4.79 Å². The number of benzene rings is 2. The second kappa shape index (κ2) is 6.93. The van der Waals surface area contributed by atoms with E-state index in [0.717, 1.165) is 34.2 Å². The van der Waals surface area contributed by atoms with E-state index in [-0.39, 0.29) is 17.7 Å². The first kappa shape index (κ1) is 18.5. The summed E-state index contributed by atoms with van der Waals surface area (Å²) in [5.41, 5.74) is 4.78. The van der Waals surface area contributed by atoms with Gasteiger partial charge < -0.3 is 24.2 Å². The van der Waals surface area contributed by atoms with E-state index >= 15 is 0 Å². The lowest BCUT2D eigenvalue weighted by Gasteiger charge is -2.42. The van der Waals surface area contributed by atoms with Crippen LogP contribution in [0.2, 0.25) is 0 Å². The largest absolute Gasteiger partial charge is 0.504 e. The van der Waals surface area contributed by atoms with Gasteiger partial charge in [-0.15, -0.1) is 0 Å². The molecular weight excluding hydrogens is 358 g/mol. The molecule has 2 aliphatic rings. The molecule has 0 bridgehead atoms. The van der Waals surface area contributed by atoms with Crippen molar-refractivity contribution in [3.63, 3.8) is 0 Å². The van der Waals surface area contributed by atoms with Crippen molar-refractivity contribution in [2.45, 2.75) is 32.2 Å². The Morgan fingerprint density at radius 2 is 1.71 bits per heavy atom. The number of rotatable bonds is 4. The maximum atomic E-state index is 12.6. The zero-order valence-electron chi connectivity index (χ0n) is 16.7. The smallest absolute Gasteiger partial charge is 0.222 e. The van der Waals surface area contributed by atoms with Gasteiger partial charge in [0.1, 0.15) is 0 Å². The van der Waals surface area contributed by atoms with E-state index in [1.165, 1.54) is 0 Å². The summed E-state index contributed by atoms with van der Waals surface area (Å²) < 4.78 is 16.4. The molecule has 0 fully saturated rings. The number of carbonyl (C=O) groups excluding carboxylic acids is 1. The molecule has 0 saturated carbocycles. The quantitative estimate of drug-likeness (QED) is 0.876. The van der Waals surface area contributed by atoms with Gasteiger partial charge in [-0.2, -0.15) is 0 Å². The van der Waals surface area contributed by atoms with Crippen LogP contribution in [-0.4, -0.2) is 43.8 Å². The minimum absolute atomic E-state index is 0.102. The van der Waals surface area contributed by atoms with E-state index in [0.29, 0.717) is 36.6 Å². The van der Waals surface area contributed by atoms with E-state index in [9.17, 15) is 9.90 Å². The normalized spacial score (nSPS) is 16.9. The lowest BCUT2D eigenvalue weighted by molar-refractivity contribution is -0.133. The number of methoxy groups -OCH3 is 3. The number of carbonyl (C=O) groups is 1. The van der Waals surface area contributed by atoms with Gasteiger partial charge in [-0.1, -0.05) is 6.92 Å². The number of phenols is 1. The van der Waals surface area contributed by atoms with Crippen LogP contribution in [0.15, 0.2) is 18.2 Å². The van der Waals surface area contributed by atoms with Gasteiger partial charge in [0, 0.05) is 18.5 Å². The number of fused-ring (bicyclic) bond motifs is 2. The molecule has 6 nitrogen and oxygen atoms in total. The Bertz CT molecular complexity index is 953. The number of hydrogen-bond donors (Lipinski definition) is 1. The molecule has 28 heavy (non-hydrogen) atoms. The highest BCUT2D eigenvalue weighted by atomic mass is 16.5. The third kappa shape index (κ3) is 2.58. The summed E-state index contributed by atoms with van der Waals surface area (Å²) in [6, 6.07) is 5.65. The standard InChI is InChI=1S/C22H25NO5/c1-5-19(24)23-7-6-12-9-18(28-4)22(25)21-14-11-17(27-3)16(26-2)10-13(14)8-15(23)20(12)21/h9-11,15,25H,5-8H2,1-4H3/t15-/m0/s1. The average molecular weight is 383 g/mol. The number of aromatic hydroxyl groups is 1. The topological polar surface area (TPSA) is 68.2 Å². The molecule has 1 aliphatic heterocycles. The van der Waals surface area contributed by atoms with E-state index in [2.05, 4.69) is 0 Å². The first-order chi connectivity index (χ1) is 13.5. The Morgan fingerprint density at radius 1 is 1.07 bits per heavy atom. The fourth-order valence-electron chi connectivity index (χ4n) is 4.53. The number of nitrogens with zero attached hydrogens (tertiary/aromatic N) is 1. The predicted octanol–water partition coefficient (Wildman–Crippen LogP) is 3.48. The molecule has 6 heteroatoms. The summed E-state index contributed by atoms with van der Waals surface area (Å²) in [4.78, 5) is 14.6. The van der Waals surface area contributed by atoms with Crippen LogP contribution in [0.1, 0.15) is 36.1 Å². The van der Waals surface area contributed by atoms with Crippen molar-refractivity contribution >= 4 is 5.91 Å². The van der Waals surface area contributed by atoms with Crippen LogP contribution in [0.3, 0.4) is 0 Å². The predicted molar refractivity (Wildman–Crippen MR) is 105 cm³/mol. The van der Waals surface area contributed by atoms with Gasteiger partial charge >= 0.3 is 0 Å². The second-order valence-corrected chi connectivity index (χ2v) is 7.15. The van der Waals surface area contributed by atoms with Crippen molar-refractivity contribution in [1.29, 1.82) is 0 Å². The Hall–Kier alpha value is -2.89. The number of phenolic OH excluding ortho intramolecular Hbond substituents is 1. The maximum Gasteiger partial charge on any atom is 0.222 e. The zero-order chi connectivity index (χ0) is 20.0. The number of hydrogen-bond acceptors (Lipinski definition) is 5. The average Bonchev–Trinajstić information content (AvgIpc) is 2.73. The molecule has 1 heterocycles. The van der Waals surface area contributed by atoms with Crippen LogP contribution in [0.25, 0.3) is 11.1 Å². The first-order valence-corrected chi connectivity index (χ1v) is 9.51. The minimum atomic E-state index is -0.103. The maximum absolute atomic E-state index is 12.6. The number of ether oxygens (including phenoxy) is 3. The van der Waals surface area contributed by atoms with Crippen LogP contribution in [0, 0.1) is 0 Å². The summed E-state index contributed by atoms with van der Waals surface area (Å²) in [6.45, 7) is 2.55. The van der Waals surface area contributed by atoms with Crippen LogP contribution < -0.4 is 14.2 Å². The summed E-state index contributed by atoms with van der Waals surface area (Å²) >= 11 is 0. The van der Waals surface area contributed by atoms with Gasteiger partial charge in [-0.05, 0) is 53.3 Å². The van der Waals surface area contributed by atoms with Crippen molar-refractivity contribution in [2.75, 3.05) is 27.9 Å². The Morgan fingerprint density at radius 3 is 2.36 bits per heavy atom. The van der Waals surface area contributed by atoms with Crippen LogP contribution in [0.5, 0.6) is 23.0 Å². The van der Waals surface area contributed by atoms with Crippen LogP contribution in [0.4, 0.5) is 0 Å². The summed E-state index contributed by atoms with van der Waals surface area (Å²) in [5, 5.41) is 11.0. The monoisotopic (exact) mass is 383 g/mol. The molecule has 0 aromatic heterocycles. The highest BCUT2D eigenvalue weighted by Gasteiger charge is 2.39. The zero-order valence-corrected chi connectivity index (χ0v) is 16.7. The molecular formula is C22H25NO5. The third-order valence-electron chi connectivity index (χ3n) is 5.86. The van der Waals surface area contributed by atoms with Gasteiger partial charge in [0.05, 0.1) is 27.4 Å². The van der Waals surface area contributed by atoms with Gasteiger partial charge in [0.15, 0.2) is 23.0 Å². The fraction of sp³-hybridized carbons (Fsp3) is 0.409. The molecule has 0 unspecified atom stereocenters. The molecule has 0 radical (unpaired) electrons. The molecule has 1 aliphatic carbocycles. The Labute approximate surface area is 164 Å². The summed E-state index contributed by atoms with van der Waals surface area (Å²) in [7, 11) is 4.76. The van der Waals surface area contributed by atoms with E-state index in [1.807, 2.05) is 30.0 Å². The molecule has 1 atom stereocenters. The highest BCUT2D eigenvalue weighted by molar-refractivity contribution is 5.86. The summed E-state index contributed by atoms with van der Waals surface area (Å²) in [6.07, 6.45) is 1.87. The Kier molecular flexibility index (Phi) is 4.57. The minimum Gasteiger partial charge on any atom is -0.504 e. The van der Waals surface area contributed by atoms with Crippen LogP contribution >= 0.6 is 0 Å². The van der Waals surface area contributed by atoms with E-state index in [4.69, 9.17) is 14.2 Å².